The molecule has 7 heteroatoms. The SMILES string of the molecule is CC[C@@H](C)C(=O)O[C@@H]1C(=O)O[C@H]2Cc3c(C)ccc(C)c3[C@H]3[C@@]4(O)OC[C@]23[C@@H]1C1(CC1)[C@H]4O. The average Bonchev–Trinajstić information content (AvgIpc) is 3.53. The zero-order valence-electron chi connectivity index (χ0n) is 19.6. The lowest BCUT2D eigenvalue weighted by molar-refractivity contribution is -0.291. The summed E-state index contributed by atoms with van der Waals surface area (Å²) in [4.78, 5) is 26.2. The molecule has 1 aromatic rings. The molecule has 0 amide bonds. The Morgan fingerprint density at radius 2 is 1.97 bits per heavy atom. The minimum Gasteiger partial charge on any atom is -0.459 e. The lowest BCUT2D eigenvalue weighted by Crippen LogP contribution is -2.72. The predicted octanol–water partition coefficient (Wildman–Crippen LogP) is 2.30. The first-order valence-corrected chi connectivity index (χ1v) is 12.2. The Labute approximate surface area is 193 Å². The van der Waals surface area contributed by atoms with Gasteiger partial charge in [0.25, 0.3) is 0 Å². The molecule has 2 N–H and O–H groups in total. The van der Waals surface area contributed by atoms with Gasteiger partial charge in [-0.05, 0) is 55.4 Å². The maximum Gasteiger partial charge on any atom is 0.348 e. The van der Waals surface area contributed by atoms with Gasteiger partial charge in [-0.15, -0.1) is 0 Å². The van der Waals surface area contributed by atoms with E-state index in [1.165, 1.54) is 0 Å². The van der Waals surface area contributed by atoms with Crippen LogP contribution in [-0.4, -0.2) is 52.9 Å². The third-order valence-electron chi connectivity index (χ3n) is 9.60. The smallest absolute Gasteiger partial charge is 0.348 e. The van der Waals surface area contributed by atoms with Crippen molar-refractivity contribution in [1.82, 2.24) is 0 Å². The van der Waals surface area contributed by atoms with Gasteiger partial charge in [0.05, 0.1) is 23.9 Å². The monoisotopic (exact) mass is 456 g/mol. The quantitative estimate of drug-likeness (QED) is 0.673. The van der Waals surface area contributed by atoms with E-state index >= 15 is 0 Å². The van der Waals surface area contributed by atoms with E-state index in [9.17, 15) is 19.8 Å². The zero-order chi connectivity index (χ0) is 23.5. The van der Waals surface area contributed by atoms with E-state index in [0.717, 1.165) is 22.3 Å². The Bertz CT molecular complexity index is 1060. The number of aryl methyl sites for hydroxylation is 2. The summed E-state index contributed by atoms with van der Waals surface area (Å²) in [5.74, 6) is -4.13. The minimum absolute atomic E-state index is 0.153. The highest BCUT2D eigenvalue weighted by molar-refractivity contribution is 5.82. The molecular weight excluding hydrogens is 424 g/mol. The van der Waals surface area contributed by atoms with Gasteiger partial charge in [-0.25, -0.2) is 4.79 Å². The second-order valence-electron chi connectivity index (χ2n) is 11.1. The summed E-state index contributed by atoms with van der Waals surface area (Å²) in [5.41, 5.74) is 2.62. The number of ether oxygens (including phenoxy) is 3. The van der Waals surface area contributed by atoms with Crippen LogP contribution in [0.2, 0.25) is 0 Å². The molecular formula is C26H32O7. The molecule has 2 saturated carbocycles. The highest BCUT2D eigenvalue weighted by atomic mass is 16.7. The first kappa shape index (κ1) is 21.6. The van der Waals surface area contributed by atoms with Crippen LogP contribution in [0.15, 0.2) is 12.1 Å². The van der Waals surface area contributed by atoms with E-state index < -0.39 is 58.7 Å². The van der Waals surface area contributed by atoms with Gasteiger partial charge in [-0.2, -0.15) is 0 Å². The topological polar surface area (TPSA) is 102 Å². The Hall–Kier alpha value is -1.96. The first-order valence-electron chi connectivity index (χ1n) is 12.2. The lowest BCUT2D eigenvalue weighted by atomic mass is 9.45. The lowest BCUT2D eigenvalue weighted by Gasteiger charge is -2.62. The normalized spacial score (nSPS) is 42.2. The fourth-order valence-electron chi connectivity index (χ4n) is 7.64. The van der Waals surface area contributed by atoms with E-state index in [2.05, 4.69) is 0 Å². The molecule has 3 aliphatic carbocycles. The van der Waals surface area contributed by atoms with Crippen molar-refractivity contribution in [3.05, 3.63) is 34.4 Å². The number of fused-ring (bicyclic) bond motifs is 2. The van der Waals surface area contributed by atoms with E-state index in [1.54, 1.807) is 6.92 Å². The molecule has 178 valence electrons. The zero-order valence-corrected chi connectivity index (χ0v) is 19.6. The van der Waals surface area contributed by atoms with Crippen molar-refractivity contribution >= 4 is 11.9 Å². The van der Waals surface area contributed by atoms with Gasteiger partial charge < -0.3 is 24.4 Å². The van der Waals surface area contributed by atoms with Crippen LogP contribution < -0.4 is 0 Å². The Kier molecular flexibility index (Phi) is 4.30. The van der Waals surface area contributed by atoms with Crippen molar-refractivity contribution in [2.24, 2.45) is 22.7 Å². The maximum absolute atomic E-state index is 13.3. The summed E-state index contributed by atoms with van der Waals surface area (Å²) < 4.78 is 18.0. The van der Waals surface area contributed by atoms with Crippen LogP contribution in [-0.2, 0) is 30.2 Å². The van der Waals surface area contributed by atoms with E-state index in [4.69, 9.17) is 14.2 Å². The number of aliphatic hydroxyl groups excluding tert-OH is 1. The van der Waals surface area contributed by atoms with Gasteiger partial charge in [0.2, 0.25) is 6.10 Å². The number of benzene rings is 1. The van der Waals surface area contributed by atoms with Crippen LogP contribution in [0, 0.1) is 36.5 Å². The van der Waals surface area contributed by atoms with Gasteiger partial charge in [-0.1, -0.05) is 26.0 Å². The third kappa shape index (κ3) is 2.41. The van der Waals surface area contributed by atoms with Gasteiger partial charge >= 0.3 is 11.9 Å². The van der Waals surface area contributed by atoms with Gasteiger partial charge in [0.15, 0.2) is 5.79 Å². The molecule has 33 heavy (non-hydrogen) atoms. The van der Waals surface area contributed by atoms with Gasteiger partial charge in [0, 0.05) is 17.8 Å². The van der Waals surface area contributed by atoms with Crippen LogP contribution in [0.4, 0.5) is 0 Å². The number of esters is 2. The molecule has 7 nitrogen and oxygen atoms in total. The average molecular weight is 457 g/mol. The molecule has 4 fully saturated rings. The number of hydrogen-bond donors (Lipinski definition) is 2. The van der Waals surface area contributed by atoms with Crippen LogP contribution >= 0.6 is 0 Å². The molecule has 8 atom stereocenters. The Morgan fingerprint density at radius 1 is 1.27 bits per heavy atom. The molecule has 2 spiro atoms. The van der Waals surface area contributed by atoms with Crippen LogP contribution in [0.1, 0.15) is 61.3 Å². The van der Waals surface area contributed by atoms with Crippen molar-refractivity contribution in [3.8, 4) is 0 Å². The summed E-state index contributed by atoms with van der Waals surface area (Å²) in [6.45, 7) is 7.86. The molecule has 1 aromatic carbocycles. The molecule has 2 heterocycles. The summed E-state index contributed by atoms with van der Waals surface area (Å²) in [5, 5.41) is 23.5. The number of carbonyl (C=O) groups excluding carboxylic acids is 2. The van der Waals surface area contributed by atoms with Crippen LogP contribution in [0.25, 0.3) is 0 Å². The predicted molar refractivity (Wildman–Crippen MR) is 116 cm³/mol. The first-order chi connectivity index (χ1) is 15.6. The standard InChI is InChI=1S/C26H32O7/c1-5-12(2)21(27)33-18-20-24(8-9-24)23(29)26(30)19-17-14(4)7-6-13(3)15(17)10-16(32-22(18)28)25(19,20)11-31-26/h6-7,12,16,18-20,23,29-30H,5,8-11H2,1-4H3/t12-,16+,18+,19-,20+,23-,25+,26-/m1/s1. The highest BCUT2D eigenvalue weighted by Gasteiger charge is 2.85. The molecule has 2 saturated heterocycles. The number of hydrogen-bond acceptors (Lipinski definition) is 7. The Balaban J connectivity index is 1.57. The summed E-state index contributed by atoms with van der Waals surface area (Å²) in [7, 11) is 0. The second kappa shape index (κ2) is 6.58. The molecule has 5 aliphatic rings. The van der Waals surface area contributed by atoms with Gasteiger partial charge in [0.1, 0.15) is 12.2 Å². The Morgan fingerprint density at radius 3 is 2.64 bits per heavy atom. The molecule has 6 rings (SSSR count). The van der Waals surface area contributed by atoms with E-state index in [0.29, 0.717) is 25.7 Å². The van der Waals surface area contributed by atoms with Crippen LogP contribution in [0.5, 0.6) is 0 Å². The fraction of sp³-hybridized carbons (Fsp3) is 0.692. The summed E-state index contributed by atoms with van der Waals surface area (Å²) in [6.07, 6.45) is -0.376. The molecule has 2 bridgehead atoms. The minimum atomic E-state index is -1.77. The van der Waals surface area contributed by atoms with Gasteiger partial charge in [-0.3, -0.25) is 4.79 Å². The van der Waals surface area contributed by atoms with Crippen molar-refractivity contribution in [1.29, 1.82) is 0 Å². The third-order valence-corrected chi connectivity index (χ3v) is 9.60. The summed E-state index contributed by atoms with van der Waals surface area (Å²) >= 11 is 0. The van der Waals surface area contributed by atoms with E-state index in [1.807, 2.05) is 32.9 Å². The van der Waals surface area contributed by atoms with Crippen molar-refractivity contribution in [2.75, 3.05) is 6.61 Å². The maximum atomic E-state index is 13.3. The second-order valence-corrected chi connectivity index (χ2v) is 11.1. The van der Waals surface area contributed by atoms with Crippen molar-refractivity contribution in [2.45, 2.75) is 83.4 Å². The number of aliphatic hydroxyl groups is 2. The molecule has 0 aromatic heterocycles. The summed E-state index contributed by atoms with van der Waals surface area (Å²) in [6, 6.07) is 4.07. The molecule has 0 radical (unpaired) electrons. The number of carbonyl (C=O) groups is 2. The molecule has 2 aliphatic heterocycles. The molecule has 0 unspecified atom stereocenters. The van der Waals surface area contributed by atoms with Crippen LogP contribution in [0.3, 0.4) is 0 Å². The highest BCUT2D eigenvalue weighted by Crippen LogP contribution is 2.77. The number of rotatable bonds is 3. The fourth-order valence-corrected chi connectivity index (χ4v) is 7.64. The van der Waals surface area contributed by atoms with Crippen molar-refractivity contribution in [3.63, 3.8) is 0 Å². The van der Waals surface area contributed by atoms with E-state index in [-0.39, 0.29) is 12.5 Å². The largest absolute Gasteiger partial charge is 0.459 e. The van der Waals surface area contributed by atoms with Crippen molar-refractivity contribution < 1.29 is 34.0 Å².